The summed E-state index contributed by atoms with van der Waals surface area (Å²) in [6.07, 6.45) is 0. The number of carbonyl (C=O) groups is 1. The molecule has 0 unspecified atom stereocenters. The number of ether oxygens (including phenoxy) is 1. The maximum atomic E-state index is 13.2. The van der Waals surface area contributed by atoms with Crippen molar-refractivity contribution in [2.24, 2.45) is 0 Å². The van der Waals surface area contributed by atoms with Crippen LogP contribution in [-0.4, -0.2) is 10.9 Å². The normalized spacial score (nSPS) is 10.8. The molecule has 124 valence electrons. The van der Waals surface area contributed by atoms with Crippen molar-refractivity contribution in [1.82, 2.24) is 4.98 Å². The number of aromatic nitrogens is 1. The van der Waals surface area contributed by atoms with Crippen molar-refractivity contribution >= 4 is 44.7 Å². The topological polar surface area (TPSA) is 51.2 Å². The lowest BCUT2D eigenvalue weighted by Gasteiger charge is -2.08. The number of carbonyl (C=O) groups excluding carboxylic acids is 1. The highest BCUT2D eigenvalue weighted by molar-refractivity contribution is 7.18. The van der Waals surface area contributed by atoms with Crippen molar-refractivity contribution in [2.45, 2.75) is 13.5 Å². The molecule has 0 saturated carbocycles. The molecule has 0 atom stereocenters. The zero-order valence-electron chi connectivity index (χ0n) is 12.4. The molecule has 0 saturated heterocycles. The number of nitrogens with zero attached hydrogens (tertiary/aromatic N) is 1. The minimum absolute atomic E-state index is 0.137. The second-order valence-electron chi connectivity index (χ2n) is 4.95. The number of hydrogen-bond donors (Lipinski definition) is 1. The van der Waals surface area contributed by atoms with Gasteiger partial charge in [-0.25, -0.2) is 13.8 Å². The van der Waals surface area contributed by atoms with Crippen LogP contribution in [0.4, 0.5) is 14.5 Å². The number of nitrogens with one attached hydrogen (secondary N) is 1. The molecule has 24 heavy (non-hydrogen) atoms. The lowest BCUT2D eigenvalue weighted by molar-refractivity contribution is -0.114. The minimum Gasteiger partial charge on any atom is -0.486 e. The Labute approximate surface area is 145 Å². The molecule has 8 heteroatoms. The molecule has 0 aliphatic heterocycles. The molecule has 4 nitrogen and oxygen atoms in total. The summed E-state index contributed by atoms with van der Waals surface area (Å²) < 4.78 is 32.5. The molecule has 3 rings (SSSR count). The second-order valence-corrected chi connectivity index (χ2v) is 6.48. The van der Waals surface area contributed by atoms with Crippen molar-refractivity contribution in [3.05, 3.63) is 52.0 Å². The van der Waals surface area contributed by atoms with Gasteiger partial charge in [0.05, 0.1) is 20.9 Å². The maximum Gasteiger partial charge on any atom is 0.221 e. The Bertz CT molecular complexity index is 891. The van der Waals surface area contributed by atoms with Crippen LogP contribution in [0.1, 0.15) is 11.9 Å². The first kappa shape index (κ1) is 16.6. The summed E-state index contributed by atoms with van der Waals surface area (Å²) >= 11 is 7.29. The van der Waals surface area contributed by atoms with Crippen LogP contribution in [0, 0.1) is 11.6 Å². The van der Waals surface area contributed by atoms with Gasteiger partial charge in [0, 0.05) is 19.1 Å². The van der Waals surface area contributed by atoms with Crippen LogP contribution >= 0.6 is 22.9 Å². The molecular formula is C16H11ClF2N2O2S. The number of hydrogen-bond acceptors (Lipinski definition) is 4. The van der Waals surface area contributed by atoms with E-state index in [0.717, 1.165) is 12.1 Å². The van der Waals surface area contributed by atoms with Crippen LogP contribution in [-0.2, 0) is 11.4 Å². The summed E-state index contributed by atoms with van der Waals surface area (Å²) in [6.45, 7) is 1.53. The molecule has 0 spiro atoms. The van der Waals surface area contributed by atoms with Gasteiger partial charge in [0.1, 0.15) is 17.4 Å². The second kappa shape index (κ2) is 6.70. The van der Waals surface area contributed by atoms with Gasteiger partial charge in [0.2, 0.25) is 5.91 Å². The van der Waals surface area contributed by atoms with E-state index in [0.29, 0.717) is 31.7 Å². The fraction of sp³-hybridized carbons (Fsp3) is 0.125. The van der Waals surface area contributed by atoms with E-state index in [2.05, 4.69) is 10.3 Å². The van der Waals surface area contributed by atoms with Crippen molar-refractivity contribution in [3.63, 3.8) is 0 Å². The molecule has 1 aromatic heterocycles. The third-order valence-electron chi connectivity index (χ3n) is 3.09. The Kier molecular flexibility index (Phi) is 4.64. The third-order valence-corrected chi connectivity index (χ3v) is 4.39. The van der Waals surface area contributed by atoms with Crippen molar-refractivity contribution < 1.29 is 18.3 Å². The number of rotatable bonds is 4. The molecule has 1 N–H and O–H groups in total. The van der Waals surface area contributed by atoms with E-state index >= 15 is 0 Å². The van der Waals surface area contributed by atoms with Crippen LogP contribution in [0.2, 0.25) is 5.02 Å². The number of amides is 1. The Morgan fingerprint density at radius 3 is 2.75 bits per heavy atom. The molecular weight excluding hydrogens is 358 g/mol. The first-order valence-corrected chi connectivity index (χ1v) is 8.06. The summed E-state index contributed by atoms with van der Waals surface area (Å²) in [7, 11) is 0. The fourth-order valence-electron chi connectivity index (χ4n) is 2.05. The van der Waals surface area contributed by atoms with E-state index in [1.165, 1.54) is 18.3 Å². The third kappa shape index (κ3) is 3.63. The van der Waals surface area contributed by atoms with Gasteiger partial charge in [-0.15, -0.1) is 11.3 Å². The SMILES string of the molecule is CC(=O)Nc1ccc(OCc2nc3cc(F)c(F)cc3s2)cc1Cl. The first-order chi connectivity index (χ1) is 11.4. The molecule has 0 bridgehead atoms. The highest BCUT2D eigenvalue weighted by Crippen LogP contribution is 2.29. The van der Waals surface area contributed by atoms with Gasteiger partial charge in [0.25, 0.3) is 0 Å². The predicted octanol–water partition coefficient (Wildman–Crippen LogP) is 4.77. The highest BCUT2D eigenvalue weighted by atomic mass is 35.5. The van der Waals surface area contributed by atoms with E-state index in [4.69, 9.17) is 16.3 Å². The number of anilines is 1. The molecule has 1 heterocycles. The minimum atomic E-state index is -0.930. The Balaban J connectivity index is 1.73. The van der Waals surface area contributed by atoms with Crippen LogP contribution in [0.5, 0.6) is 5.75 Å². The van der Waals surface area contributed by atoms with E-state index in [1.807, 2.05) is 0 Å². The predicted molar refractivity (Wildman–Crippen MR) is 89.6 cm³/mol. The smallest absolute Gasteiger partial charge is 0.221 e. The van der Waals surface area contributed by atoms with Gasteiger partial charge < -0.3 is 10.1 Å². The molecule has 2 aromatic carbocycles. The van der Waals surface area contributed by atoms with Crippen LogP contribution in [0.3, 0.4) is 0 Å². The quantitative estimate of drug-likeness (QED) is 0.722. The Morgan fingerprint density at radius 1 is 1.29 bits per heavy atom. The van der Waals surface area contributed by atoms with Gasteiger partial charge in [-0.1, -0.05) is 11.6 Å². The Hall–Kier alpha value is -2.25. The van der Waals surface area contributed by atoms with Gasteiger partial charge in [0.15, 0.2) is 11.6 Å². The van der Waals surface area contributed by atoms with Gasteiger partial charge in [-0.2, -0.15) is 0 Å². The van der Waals surface area contributed by atoms with Gasteiger partial charge in [-0.3, -0.25) is 4.79 Å². The Morgan fingerprint density at radius 2 is 2.04 bits per heavy atom. The standard InChI is InChI=1S/C16H11ClF2N2O2S/c1-8(22)20-13-3-2-9(4-10(13)17)23-7-16-21-14-5-11(18)12(19)6-15(14)24-16/h2-6H,7H2,1H3,(H,20,22). The molecule has 3 aromatic rings. The number of halogens is 3. The largest absolute Gasteiger partial charge is 0.486 e. The van der Waals surface area contributed by atoms with E-state index < -0.39 is 11.6 Å². The van der Waals surface area contributed by atoms with Gasteiger partial charge in [-0.05, 0) is 18.2 Å². The van der Waals surface area contributed by atoms with E-state index in [-0.39, 0.29) is 12.5 Å². The zero-order valence-corrected chi connectivity index (χ0v) is 14.0. The molecule has 1 amide bonds. The van der Waals surface area contributed by atoms with Crippen LogP contribution in [0.15, 0.2) is 30.3 Å². The average molecular weight is 369 g/mol. The summed E-state index contributed by atoms with van der Waals surface area (Å²) in [5.41, 5.74) is 0.874. The first-order valence-electron chi connectivity index (χ1n) is 6.87. The lowest BCUT2D eigenvalue weighted by atomic mass is 10.3. The number of fused-ring (bicyclic) bond motifs is 1. The number of thiazole rings is 1. The number of benzene rings is 2. The zero-order chi connectivity index (χ0) is 17.3. The summed E-state index contributed by atoms with van der Waals surface area (Å²) in [4.78, 5) is 15.2. The van der Waals surface area contributed by atoms with Crippen LogP contribution < -0.4 is 10.1 Å². The summed E-state index contributed by atoms with van der Waals surface area (Å²) in [6, 6.07) is 7.03. The summed E-state index contributed by atoms with van der Waals surface area (Å²) in [5.74, 6) is -1.57. The molecule has 0 aliphatic rings. The molecule has 0 fully saturated rings. The monoisotopic (exact) mass is 368 g/mol. The molecule has 0 aliphatic carbocycles. The van der Waals surface area contributed by atoms with Crippen molar-refractivity contribution in [2.75, 3.05) is 5.32 Å². The van der Waals surface area contributed by atoms with E-state index in [1.54, 1.807) is 18.2 Å². The maximum absolute atomic E-state index is 13.2. The van der Waals surface area contributed by atoms with E-state index in [9.17, 15) is 13.6 Å². The van der Waals surface area contributed by atoms with Crippen molar-refractivity contribution in [1.29, 1.82) is 0 Å². The van der Waals surface area contributed by atoms with Crippen molar-refractivity contribution in [3.8, 4) is 5.75 Å². The summed E-state index contributed by atoms with van der Waals surface area (Å²) in [5, 5.41) is 3.52. The average Bonchev–Trinajstić information content (AvgIpc) is 2.89. The highest BCUT2D eigenvalue weighted by Gasteiger charge is 2.10. The van der Waals surface area contributed by atoms with Gasteiger partial charge >= 0.3 is 0 Å². The molecule has 0 radical (unpaired) electrons. The fourth-order valence-corrected chi connectivity index (χ4v) is 3.16. The van der Waals surface area contributed by atoms with Crippen LogP contribution in [0.25, 0.3) is 10.2 Å². The lowest BCUT2D eigenvalue weighted by Crippen LogP contribution is -2.06.